The van der Waals surface area contributed by atoms with Gasteiger partial charge in [0.05, 0.1) is 25.0 Å². The van der Waals surface area contributed by atoms with Crippen molar-refractivity contribution in [3.8, 4) is 5.75 Å². The van der Waals surface area contributed by atoms with Gasteiger partial charge in [0, 0.05) is 18.8 Å². The summed E-state index contributed by atoms with van der Waals surface area (Å²) in [6.45, 7) is 2.32. The quantitative estimate of drug-likeness (QED) is 0.553. The number of anilines is 1. The molecule has 1 aliphatic heterocycles. The summed E-state index contributed by atoms with van der Waals surface area (Å²) in [6.07, 6.45) is 2.50. The highest BCUT2D eigenvalue weighted by Crippen LogP contribution is 2.49. The molecule has 2 fully saturated rings. The zero-order valence-corrected chi connectivity index (χ0v) is 20.6. The van der Waals surface area contributed by atoms with E-state index in [0.717, 1.165) is 30.5 Å². The zero-order chi connectivity index (χ0) is 25.2. The Bertz CT molecular complexity index is 1210. The highest BCUT2D eigenvalue weighted by molar-refractivity contribution is 7.89. The van der Waals surface area contributed by atoms with E-state index in [1.54, 1.807) is 19.1 Å². The first kappa shape index (κ1) is 25.1. The summed E-state index contributed by atoms with van der Waals surface area (Å²) in [4.78, 5) is 25.0. The fourth-order valence-electron chi connectivity index (χ4n) is 4.49. The van der Waals surface area contributed by atoms with Crippen LogP contribution in [0.25, 0.3) is 0 Å². The number of ether oxygens (including phenoxy) is 2. The highest BCUT2D eigenvalue weighted by atomic mass is 32.2. The molecule has 1 saturated heterocycles. The van der Waals surface area contributed by atoms with E-state index >= 15 is 0 Å². The Morgan fingerprint density at radius 1 is 1.17 bits per heavy atom. The summed E-state index contributed by atoms with van der Waals surface area (Å²) in [5, 5.41) is 2.85. The Labute approximate surface area is 204 Å². The monoisotopic (exact) mass is 504 g/mol. The molecule has 0 spiro atoms. The van der Waals surface area contributed by atoms with Gasteiger partial charge in [0.25, 0.3) is 0 Å². The second kappa shape index (κ2) is 9.94. The maximum Gasteiger partial charge on any atom is 0.316 e. The number of carbonyl (C=O) groups is 2. The number of hydrogen-bond acceptors (Lipinski definition) is 6. The molecule has 1 saturated carbocycles. The number of rotatable bonds is 8. The van der Waals surface area contributed by atoms with Crippen molar-refractivity contribution in [3.05, 3.63) is 53.8 Å². The van der Waals surface area contributed by atoms with Crippen LogP contribution in [0, 0.1) is 11.7 Å². The number of nitrogens with one attached hydrogen (secondary N) is 1. The van der Waals surface area contributed by atoms with E-state index in [1.807, 2.05) is 12.1 Å². The normalized spacial score (nSPS) is 19.6. The second-order valence-electron chi connectivity index (χ2n) is 8.87. The molecule has 2 aliphatic rings. The molecule has 0 bridgehead atoms. The SMILES string of the molecule is CCOC(=O)C1(c2ccc(NC(=O)[C@H]3CCCN(S(=O)(=O)c4cc(F)ccc4OC)C3)cc2)CC1. The lowest BCUT2D eigenvalue weighted by Crippen LogP contribution is -2.43. The first-order valence-electron chi connectivity index (χ1n) is 11.6. The molecule has 35 heavy (non-hydrogen) atoms. The summed E-state index contributed by atoms with van der Waals surface area (Å²) >= 11 is 0. The molecule has 1 amide bonds. The summed E-state index contributed by atoms with van der Waals surface area (Å²) in [5.41, 5.74) is 0.826. The standard InChI is InChI=1S/C25H29FN2O6S/c1-3-34-24(30)25(12-13-25)18-6-9-20(10-7-18)27-23(29)17-5-4-14-28(16-17)35(31,32)22-15-19(26)8-11-21(22)33-2/h6-11,15,17H,3-5,12-14,16H2,1-2H3,(H,27,29)/t17-/m0/s1. The van der Waals surface area contributed by atoms with Crippen LogP contribution in [-0.4, -0.2) is 51.4 Å². The van der Waals surface area contributed by atoms with Crippen molar-refractivity contribution in [1.82, 2.24) is 4.31 Å². The molecule has 2 aromatic rings. The van der Waals surface area contributed by atoms with Gasteiger partial charge < -0.3 is 14.8 Å². The molecule has 1 heterocycles. The number of hydrogen-bond donors (Lipinski definition) is 1. The molecule has 1 aliphatic carbocycles. The van der Waals surface area contributed by atoms with Crippen LogP contribution in [0.3, 0.4) is 0 Å². The molecule has 2 aromatic carbocycles. The average molecular weight is 505 g/mol. The third-order valence-electron chi connectivity index (χ3n) is 6.62. The van der Waals surface area contributed by atoms with Gasteiger partial charge in [0.15, 0.2) is 0 Å². The van der Waals surface area contributed by atoms with Crippen molar-refractivity contribution in [2.45, 2.75) is 42.9 Å². The highest BCUT2D eigenvalue weighted by Gasteiger charge is 2.52. The second-order valence-corrected chi connectivity index (χ2v) is 10.8. The number of methoxy groups -OCH3 is 1. The van der Waals surface area contributed by atoms with Crippen LogP contribution in [0.5, 0.6) is 5.75 Å². The lowest BCUT2D eigenvalue weighted by Gasteiger charge is -2.31. The number of carbonyl (C=O) groups excluding carboxylic acids is 2. The molecule has 4 rings (SSSR count). The van der Waals surface area contributed by atoms with Gasteiger partial charge in [-0.2, -0.15) is 4.31 Å². The number of amides is 1. The van der Waals surface area contributed by atoms with E-state index in [0.29, 0.717) is 25.1 Å². The van der Waals surface area contributed by atoms with Gasteiger partial charge in [-0.25, -0.2) is 12.8 Å². The largest absolute Gasteiger partial charge is 0.495 e. The summed E-state index contributed by atoms with van der Waals surface area (Å²) in [5.74, 6) is -1.72. The van der Waals surface area contributed by atoms with Gasteiger partial charge in [-0.15, -0.1) is 0 Å². The van der Waals surface area contributed by atoms with Crippen molar-refractivity contribution in [2.24, 2.45) is 5.92 Å². The van der Waals surface area contributed by atoms with Crippen LogP contribution in [0.15, 0.2) is 47.4 Å². The van der Waals surface area contributed by atoms with Crippen LogP contribution in [0.2, 0.25) is 0 Å². The van der Waals surface area contributed by atoms with E-state index in [1.165, 1.54) is 17.5 Å². The topological polar surface area (TPSA) is 102 Å². The van der Waals surface area contributed by atoms with Gasteiger partial charge in [0.2, 0.25) is 15.9 Å². The molecule has 8 nitrogen and oxygen atoms in total. The van der Waals surface area contributed by atoms with Crippen LogP contribution < -0.4 is 10.1 Å². The maximum atomic E-state index is 13.8. The number of esters is 1. The van der Waals surface area contributed by atoms with Crippen LogP contribution >= 0.6 is 0 Å². The van der Waals surface area contributed by atoms with Gasteiger partial charge in [-0.3, -0.25) is 9.59 Å². The Balaban J connectivity index is 1.44. The van der Waals surface area contributed by atoms with Gasteiger partial charge in [-0.1, -0.05) is 12.1 Å². The fourth-order valence-corrected chi connectivity index (χ4v) is 6.18. The lowest BCUT2D eigenvalue weighted by molar-refractivity contribution is -0.146. The van der Waals surface area contributed by atoms with E-state index in [9.17, 15) is 22.4 Å². The fraction of sp³-hybridized carbons (Fsp3) is 0.440. The molecule has 10 heteroatoms. The molecular weight excluding hydrogens is 475 g/mol. The van der Waals surface area contributed by atoms with E-state index in [4.69, 9.17) is 9.47 Å². The van der Waals surface area contributed by atoms with Gasteiger partial charge >= 0.3 is 5.97 Å². The lowest BCUT2D eigenvalue weighted by atomic mass is 9.95. The molecule has 1 N–H and O–H groups in total. The number of halogens is 1. The number of sulfonamides is 1. The minimum atomic E-state index is -4.05. The van der Waals surface area contributed by atoms with Crippen molar-refractivity contribution in [2.75, 3.05) is 32.1 Å². The first-order valence-corrected chi connectivity index (χ1v) is 13.1. The summed E-state index contributed by atoms with van der Waals surface area (Å²) in [6, 6.07) is 10.4. The predicted molar refractivity (Wildman–Crippen MR) is 127 cm³/mol. The molecule has 0 radical (unpaired) electrons. The summed E-state index contributed by atoms with van der Waals surface area (Å²) in [7, 11) is -2.73. The third kappa shape index (κ3) is 5.04. The summed E-state index contributed by atoms with van der Waals surface area (Å²) < 4.78 is 51.7. The van der Waals surface area contributed by atoms with Crippen LogP contribution in [-0.2, 0) is 29.8 Å². The Hall–Kier alpha value is -2.98. The number of piperidine rings is 1. The molecule has 0 aromatic heterocycles. The van der Waals surface area contributed by atoms with Crippen molar-refractivity contribution in [3.63, 3.8) is 0 Å². The van der Waals surface area contributed by atoms with Crippen LogP contribution in [0.4, 0.5) is 10.1 Å². The third-order valence-corrected chi connectivity index (χ3v) is 8.51. The van der Waals surface area contributed by atoms with Crippen molar-refractivity contribution in [1.29, 1.82) is 0 Å². The Kier molecular flexibility index (Phi) is 7.14. The minimum absolute atomic E-state index is 0.0160. The van der Waals surface area contributed by atoms with Crippen molar-refractivity contribution >= 4 is 27.6 Å². The molecule has 1 atom stereocenters. The minimum Gasteiger partial charge on any atom is -0.495 e. The van der Waals surface area contributed by atoms with Gasteiger partial charge in [-0.05, 0) is 68.5 Å². The molecule has 0 unspecified atom stereocenters. The first-order chi connectivity index (χ1) is 16.7. The van der Waals surface area contributed by atoms with Crippen molar-refractivity contribution < 1.29 is 31.9 Å². The van der Waals surface area contributed by atoms with E-state index in [2.05, 4.69) is 5.32 Å². The zero-order valence-electron chi connectivity index (χ0n) is 19.8. The van der Waals surface area contributed by atoms with E-state index < -0.39 is 27.2 Å². The van der Waals surface area contributed by atoms with E-state index in [-0.39, 0.29) is 35.6 Å². The maximum absolute atomic E-state index is 13.8. The number of benzene rings is 2. The number of nitrogens with zero attached hydrogens (tertiary/aromatic N) is 1. The smallest absolute Gasteiger partial charge is 0.316 e. The van der Waals surface area contributed by atoms with Crippen LogP contribution in [0.1, 0.15) is 38.2 Å². The predicted octanol–water partition coefficient (Wildman–Crippen LogP) is 3.47. The molecule has 188 valence electrons. The Morgan fingerprint density at radius 2 is 1.89 bits per heavy atom. The molecular formula is C25H29FN2O6S. The van der Waals surface area contributed by atoms with Gasteiger partial charge in [0.1, 0.15) is 16.5 Å². The average Bonchev–Trinajstić information content (AvgIpc) is 3.67. The Morgan fingerprint density at radius 3 is 2.51 bits per heavy atom.